The number of hydrogen-bond donors (Lipinski definition) is 5. The normalized spacial score (nSPS) is 13.0. The zero-order valence-corrected chi connectivity index (χ0v) is 13.8. The van der Waals surface area contributed by atoms with Gasteiger partial charge in [-0.3, -0.25) is 4.79 Å². The van der Waals surface area contributed by atoms with Crippen LogP contribution in [0, 0.1) is 0 Å². The van der Waals surface area contributed by atoms with E-state index in [1.165, 1.54) is 42.5 Å². The molecule has 0 radical (unpaired) electrons. The number of rotatable bonds is 7. The van der Waals surface area contributed by atoms with Crippen molar-refractivity contribution in [1.29, 1.82) is 0 Å². The zero-order chi connectivity index (χ0) is 19.3. The standard InChI is InChI=1S/C18H20N2O6/c19-13(7-11-3-6-15(22)16(23)9-11)17(24)20-14(18(25)26)8-10-1-4-12(21)5-2-10/h1-6,9,13-14,21-23H,7-8,19H2,(H,20,24)(H,25,26)/p-1/t13-,14-/m0/s1. The summed E-state index contributed by atoms with van der Waals surface area (Å²) < 4.78 is 0. The minimum Gasteiger partial charge on any atom is -0.548 e. The molecule has 2 rings (SSSR count). The van der Waals surface area contributed by atoms with Crippen molar-refractivity contribution >= 4 is 11.9 Å². The molecule has 26 heavy (non-hydrogen) atoms. The summed E-state index contributed by atoms with van der Waals surface area (Å²) in [7, 11) is 0. The van der Waals surface area contributed by atoms with Crippen LogP contribution in [0.15, 0.2) is 42.5 Å². The van der Waals surface area contributed by atoms with E-state index in [9.17, 15) is 30.0 Å². The average Bonchev–Trinajstić information content (AvgIpc) is 2.59. The molecule has 8 nitrogen and oxygen atoms in total. The molecule has 0 heterocycles. The van der Waals surface area contributed by atoms with Crippen molar-refractivity contribution in [2.24, 2.45) is 5.73 Å². The molecule has 0 unspecified atom stereocenters. The summed E-state index contributed by atoms with van der Waals surface area (Å²) in [6.45, 7) is 0. The highest BCUT2D eigenvalue weighted by atomic mass is 16.4. The topological polar surface area (TPSA) is 156 Å². The second-order valence-corrected chi connectivity index (χ2v) is 5.88. The second kappa shape index (κ2) is 8.21. The van der Waals surface area contributed by atoms with Gasteiger partial charge in [-0.25, -0.2) is 0 Å². The number of phenolic OH excluding ortho intramolecular Hbond substituents is 3. The number of phenols is 3. The van der Waals surface area contributed by atoms with Gasteiger partial charge in [0, 0.05) is 0 Å². The quantitative estimate of drug-likeness (QED) is 0.403. The summed E-state index contributed by atoms with van der Waals surface area (Å²) in [6, 6.07) is 7.59. The number of benzene rings is 2. The van der Waals surface area contributed by atoms with E-state index in [1.807, 2.05) is 0 Å². The van der Waals surface area contributed by atoms with Crippen molar-refractivity contribution in [3.8, 4) is 17.2 Å². The van der Waals surface area contributed by atoms with Crippen molar-refractivity contribution in [1.82, 2.24) is 5.32 Å². The molecule has 0 bridgehead atoms. The van der Waals surface area contributed by atoms with Gasteiger partial charge in [-0.05, 0) is 48.2 Å². The van der Waals surface area contributed by atoms with Crippen LogP contribution in [0.3, 0.4) is 0 Å². The lowest BCUT2D eigenvalue weighted by Crippen LogP contribution is -2.53. The van der Waals surface area contributed by atoms with Gasteiger partial charge < -0.3 is 36.3 Å². The fraction of sp³-hybridized carbons (Fsp3) is 0.222. The number of carboxylic acids is 1. The molecule has 2 atom stereocenters. The molecule has 0 spiro atoms. The molecule has 0 aliphatic carbocycles. The molecule has 138 valence electrons. The number of hydrogen-bond acceptors (Lipinski definition) is 7. The second-order valence-electron chi connectivity index (χ2n) is 5.88. The van der Waals surface area contributed by atoms with E-state index in [0.717, 1.165) is 0 Å². The Morgan fingerprint density at radius 2 is 1.58 bits per heavy atom. The predicted molar refractivity (Wildman–Crippen MR) is 90.2 cm³/mol. The van der Waals surface area contributed by atoms with Crippen LogP contribution in [0.25, 0.3) is 0 Å². The summed E-state index contributed by atoms with van der Waals surface area (Å²) in [5.74, 6) is -2.74. The molecule has 2 aromatic rings. The molecular weight excluding hydrogens is 340 g/mol. The molecule has 0 saturated heterocycles. The van der Waals surface area contributed by atoms with Gasteiger partial charge in [0.05, 0.1) is 18.1 Å². The summed E-state index contributed by atoms with van der Waals surface area (Å²) in [4.78, 5) is 23.5. The molecule has 6 N–H and O–H groups in total. The highest BCUT2D eigenvalue weighted by Crippen LogP contribution is 2.25. The maximum Gasteiger partial charge on any atom is 0.237 e. The molecule has 1 amide bonds. The monoisotopic (exact) mass is 359 g/mol. The molecule has 0 saturated carbocycles. The minimum absolute atomic E-state index is 0.0267. The third-order valence-electron chi connectivity index (χ3n) is 3.81. The Morgan fingerprint density at radius 1 is 0.962 bits per heavy atom. The zero-order valence-electron chi connectivity index (χ0n) is 13.8. The average molecular weight is 359 g/mol. The van der Waals surface area contributed by atoms with E-state index >= 15 is 0 Å². The lowest BCUT2D eigenvalue weighted by molar-refractivity contribution is -0.308. The fourth-order valence-electron chi connectivity index (χ4n) is 2.38. The Balaban J connectivity index is 2.00. The first-order valence-corrected chi connectivity index (χ1v) is 7.82. The fourth-order valence-corrected chi connectivity index (χ4v) is 2.38. The van der Waals surface area contributed by atoms with Crippen LogP contribution in [0.1, 0.15) is 11.1 Å². The third kappa shape index (κ3) is 5.12. The van der Waals surface area contributed by atoms with Crippen LogP contribution in [0.2, 0.25) is 0 Å². The highest BCUT2D eigenvalue weighted by Gasteiger charge is 2.20. The molecule has 0 aliphatic rings. The molecule has 0 aliphatic heterocycles. The summed E-state index contributed by atoms with van der Waals surface area (Å²) >= 11 is 0. The molecular formula is C18H19N2O6-. The van der Waals surface area contributed by atoms with Crippen LogP contribution in [0.5, 0.6) is 17.2 Å². The van der Waals surface area contributed by atoms with Gasteiger partial charge >= 0.3 is 0 Å². The number of nitrogens with one attached hydrogen (secondary N) is 1. The van der Waals surface area contributed by atoms with Gasteiger partial charge in [0.2, 0.25) is 5.91 Å². The summed E-state index contributed by atoms with van der Waals surface area (Å²) in [5.41, 5.74) is 6.89. The number of carboxylic acid groups (broad SMARTS) is 1. The van der Waals surface area contributed by atoms with Gasteiger partial charge in [0.25, 0.3) is 0 Å². The van der Waals surface area contributed by atoms with Crippen LogP contribution in [-0.2, 0) is 22.4 Å². The van der Waals surface area contributed by atoms with Gasteiger partial charge in [-0.1, -0.05) is 18.2 Å². The smallest absolute Gasteiger partial charge is 0.237 e. The van der Waals surface area contributed by atoms with Crippen molar-refractivity contribution in [3.63, 3.8) is 0 Å². The molecule has 0 fully saturated rings. The van der Waals surface area contributed by atoms with Crippen molar-refractivity contribution < 1.29 is 30.0 Å². The third-order valence-corrected chi connectivity index (χ3v) is 3.81. The lowest BCUT2D eigenvalue weighted by atomic mass is 10.0. The summed E-state index contributed by atoms with van der Waals surface area (Å²) in [5, 5.41) is 41.6. The van der Waals surface area contributed by atoms with Crippen molar-refractivity contribution in [3.05, 3.63) is 53.6 Å². The number of nitrogens with two attached hydrogens (primary N) is 1. The van der Waals surface area contributed by atoms with Gasteiger partial charge in [-0.2, -0.15) is 0 Å². The number of aliphatic carboxylic acids is 1. The van der Waals surface area contributed by atoms with Crippen LogP contribution in [0.4, 0.5) is 0 Å². The Labute approximate surface area is 149 Å². The van der Waals surface area contributed by atoms with E-state index in [2.05, 4.69) is 5.32 Å². The van der Waals surface area contributed by atoms with E-state index in [1.54, 1.807) is 0 Å². The maximum absolute atomic E-state index is 12.2. The molecule has 2 aromatic carbocycles. The van der Waals surface area contributed by atoms with Crippen LogP contribution >= 0.6 is 0 Å². The maximum atomic E-state index is 12.2. The van der Waals surface area contributed by atoms with Crippen LogP contribution < -0.4 is 16.2 Å². The summed E-state index contributed by atoms with van der Waals surface area (Å²) in [6.07, 6.45) is 0.0136. The number of aromatic hydroxyl groups is 3. The Bertz CT molecular complexity index is 791. The highest BCUT2D eigenvalue weighted by molar-refractivity contribution is 5.86. The predicted octanol–water partition coefficient (Wildman–Crippen LogP) is -0.849. The number of carbonyl (C=O) groups excluding carboxylic acids is 2. The number of carbonyl (C=O) groups is 2. The minimum atomic E-state index is -1.46. The first-order chi connectivity index (χ1) is 12.3. The van der Waals surface area contributed by atoms with Crippen molar-refractivity contribution in [2.75, 3.05) is 0 Å². The Morgan fingerprint density at radius 3 is 2.15 bits per heavy atom. The number of amides is 1. The first kappa shape index (κ1) is 19.1. The van der Waals surface area contributed by atoms with Gasteiger partial charge in [-0.15, -0.1) is 0 Å². The largest absolute Gasteiger partial charge is 0.548 e. The Hall–Kier alpha value is -3.26. The van der Waals surface area contributed by atoms with E-state index in [-0.39, 0.29) is 30.1 Å². The van der Waals surface area contributed by atoms with E-state index in [4.69, 9.17) is 5.73 Å². The SMILES string of the molecule is N[C@@H](Cc1ccc(O)c(O)c1)C(=O)N[C@@H](Cc1ccc(O)cc1)C(=O)[O-]. The van der Waals surface area contributed by atoms with Crippen molar-refractivity contribution in [2.45, 2.75) is 24.9 Å². The van der Waals surface area contributed by atoms with Crippen LogP contribution in [-0.4, -0.2) is 39.3 Å². The van der Waals surface area contributed by atoms with E-state index < -0.39 is 24.0 Å². The van der Waals surface area contributed by atoms with Gasteiger partial charge in [0.1, 0.15) is 5.75 Å². The first-order valence-electron chi connectivity index (χ1n) is 7.82. The molecule has 0 aromatic heterocycles. The van der Waals surface area contributed by atoms with Gasteiger partial charge in [0.15, 0.2) is 11.5 Å². The molecule has 8 heteroatoms. The van der Waals surface area contributed by atoms with E-state index in [0.29, 0.717) is 11.1 Å². The Kier molecular flexibility index (Phi) is 6.03. The lowest BCUT2D eigenvalue weighted by Gasteiger charge is -2.22.